The Morgan fingerprint density at radius 3 is 3.13 bits per heavy atom. The molecule has 3 nitrogen and oxygen atoms in total. The van der Waals surface area contributed by atoms with Crippen LogP contribution in [0, 0.1) is 11.8 Å². The Balaban J connectivity index is 1.78. The van der Waals surface area contributed by atoms with Gasteiger partial charge in [0.25, 0.3) is 0 Å². The van der Waals surface area contributed by atoms with E-state index in [1.807, 2.05) is 0 Å². The third-order valence-electron chi connectivity index (χ3n) is 5.18. The summed E-state index contributed by atoms with van der Waals surface area (Å²) in [4.78, 5) is 0. The predicted octanol–water partition coefficient (Wildman–Crippen LogP) is 1.28. The zero-order valence-corrected chi connectivity index (χ0v) is 9.13. The summed E-state index contributed by atoms with van der Waals surface area (Å²) in [5, 5.41) is 3.75. The van der Waals surface area contributed by atoms with Crippen molar-refractivity contribution >= 4 is 0 Å². The molecule has 1 saturated carbocycles. The topological polar surface area (TPSA) is 30.5 Å². The molecule has 4 atom stereocenters. The summed E-state index contributed by atoms with van der Waals surface area (Å²) in [6.45, 7) is 2.97. The van der Waals surface area contributed by atoms with Crippen molar-refractivity contribution in [1.29, 1.82) is 0 Å². The molecule has 3 heterocycles. The second kappa shape index (κ2) is 2.76. The van der Waals surface area contributed by atoms with Gasteiger partial charge in [0.2, 0.25) is 0 Å². The fourth-order valence-corrected chi connectivity index (χ4v) is 4.42. The maximum absolute atomic E-state index is 6.11. The molecular formula is C12H19NO2. The molecule has 3 saturated heterocycles. The quantitative estimate of drug-likeness (QED) is 0.652. The number of nitrogens with one attached hydrogen (secondary N) is 1. The van der Waals surface area contributed by atoms with E-state index in [2.05, 4.69) is 5.32 Å². The van der Waals surface area contributed by atoms with E-state index in [4.69, 9.17) is 9.47 Å². The van der Waals surface area contributed by atoms with Crippen molar-refractivity contribution in [2.24, 2.45) is 11.8 Å². The largest absolute Gasteiger partial charge is 0.349 e. The van der Waals surface area contributed by atoms with Crippen molar-refractivity contribution in [2.75, 3.05) is 19.8 Å². The van der Waals surface area contributed by atoms with Crippen LogP contribution in [0.1, 0.15) is 32.1 Å². The van der Waals surface area contributed by atoms with Crippen LogP contribution < -0.4 is 5.32 Å². The fourth-order valence-electron chi connectivity index (χ4n) is 4.42. The average molecular weight is 209 g/mol. The lowest BCUT2D eigenvalue weighted by molar-refractivity contribution is -0.261. The third kappa shape index (κ3) is 0.931. The van der Waals surface area contributed by atoms with E-state index in [1.54, 1.807) is 0 Å². The van der Waals surface area contributed by atoms with Crippen LogP contribution in [0.25, 0.3) is 0 Å². The molecule has 0 radical (unpaired) electrons. The van der Waals surface area contributed by atoms with Gasteiger partial charge < -0.3 is 14.8 Å². The van der Waals surface area contributed by atoms with Crippen molar-refractivity contribution in [3.05, 3.63) is 0 Å². The summed E-state index contributed by atoms with van der Waals surface area (Å²) in [6, 6.07) is 0. The summed E-state index contributed by atoms with van der Waals surface area (Å²) >= 11 is 0. The Labute approximate surface area is 90.5 Å². The van der Waals surface area contributed by atoms with Gasteiger partial charge in [-0.1, -0.05) is 6.42 Å². The van der Waals surface area contributed by atoms with E-state index < -0.39 is 0 Å². The van der Waals surface area contributed by atoms with Gasteiger partial charge in [-0.25, -0.2) is 0 Å². The van der Waals surface area contributed by atoms with E-state index in [0.29, 0.717) is 17.4 Å². The highest BCUT2D eigenvalue weighted by molar-refractivity contribution is 5.15. The Hall–Kier alpha value is -0.120. The molecule has 4 rings (SSSR count). The fraction of sp³-hybridized carbons (Fsp3) is 1.00. The Morgan fingerprint density at radius 1 is 1.13 bits per heavy atom. The molecule has 1 aliphatic carbocycles. The van der Waals surface area contributed by atoms with E-state index >= 15 is 0 Å². The van der Waals surface area contributed by atoms with Crippen molar-refractivity contribution in [3.63, 3.8) is 0 Å². The maximum Gasteiger partial charge on any atom is 0.173 e. The second-order valence-corrected chi connectivity index (χ2v) is 5.66. The normalized spacial score (nSPS) is 57.6. The van der Waals surface area contributed by atoms with Gasteiger partial charge in [-0.2, -0.15) is 0 Å². The first-order chi connectivity index (χ1) is 7.36. The van der Waals surface area contributed by atoms with Crippen LogP contribution in [0.15, 0.2) is 0 Å². The summed E-state index contributed by atoms with van der Waals surface area (Å²) in [5.74, 6) is 1.14. The van der Waals surface area contributed by atoms with Gasteiger partial charge in [0, 0.05) is 18.3 Å². The zero-order chi connectivity index (χ0) is 9.93. The Bertz CT molecular complexity index is 291. The highest BCUT2D eigenvalue weighted by atomic mass is 16.7. The molecule has 3 heteroatoms. The van der Waals surface area contributed by atoms with Gasteiger partial charge in [0.05, 0.1) is 18.8 Å². The van der Waals surface area contributed by atoms with Crippen LogP contribution >= 0.6 is 0 Å². The van der Waals surface area contributed by atoms with Crippen molar-refractivity contribution in [3.8, 4) is 0 Å². The molecular weight excluding hydrogens is 190 g/mol. The lowest BCUT2D eigenvalue weighted by Gasteiger charge is -2.48. The van der Waals surface area contributed by atoms with Gasteiger partial charge in [0.15, 0.2) is 5.79 Å². The summed E-state index contributed by atoms with van der Waals surface area (Å²) in [5.41, 5.74) is 0.290. The minimum atomic E-state index is -0.188. The summed E-state index contributed by atoms with van der Waals surface area (Å²) in [7, 11) is 0. The number of rotatable bonds is 0. The molecule has 4 unspecified atom stereocenters. The second-order valence-electron chi connectivity index (χ2n) is 5.66. The molecule has 15 heavy (non-hydrogen) atoms. The van der Waals surface area contributed by atoms with E-state index in [-0.39, 0.29) is 5.79 Å². The van der Waals surface area contributed by atoms with Gasteiger partial charge in [0.1, 0.15) is 0 Å². The van der Waals surface area contributed by atoms with Gasteiger partial charge in [-0.05, 0) is 25.8 Å². The number of hydrogen-bond acceptors (Lipinski definition) is 3. The molecule has 3 aliphatic heterocycles. The van der Waals surface area contributed by atoms with Crippen LogP contribution in [0.2, 0.25) is 0 Å². The van der Waals surface area contributed by atoms with Gasteiger partial charge in [-0.3, -0.25) is 0 Å². The molecule has 4 aliphatic rings. The number of ether oxygens (including phenoxy) is 2. The molecule has 1 N–H and O–H groups in total. The Morgan fingerprint density at radius 2 is 2.13 bits per heavy atom. The van der Waals surface area contributed by atoms with Crippen LogP contribution in [-0.4, -0.2) is 31.1 Å². The molecule has 4 fully saturated rings. The third-order valence-corrected chi connectivity index (χ3v) is 5.18. The molecule has 0 aromatic carbocycles. The first-order valence-corrected chi connectivity index (χ1v) is 6.39. The van der Waals surface area contributed by atoms with Gasteiger partial charge in [-0.15, -0.1) is 0 Å². The highest BCUT2D eigenvalue weighted by Crippen LogP contribution is 2.56. The predicted molar refractivity (Wildman–Crippen MR) is 55.4 cm³/mol. The standard InChI is InChI=1S/C12H19NO2/c1-2-5-12-10(3-1)11(8-15-12)9(7-14-12)4-6-13-11/h9-10,13H,1-8H2. The van der Waals surface area contributed by atoms with Crippen LogP contribution in [0.3, 0.4) is 0 Å². The van der Waals surface area contributed by atoms with Crippen molar-refractivity contribution in [1.82, 2.24) is 5.32 Å². The molecule has 2 bridgehead atoms. The lowest BCUT2D eigenvalue weighted by Crippen LogP contribution is -2.61. The summed E-state index contributed by atoms with van der Waals surface area (Å²) < 4.78 is 12.2. The van der Waals surface area contributed by atoms with Crippen LogP contribution in [0.5, 0.6) is 0 Å². The van der Waals surface area contributed by atoms with Crippen LogP contribution in [0.4, 0.5) is 0 Å². The molecule has 84 valence electrons. The number of hydrogen-bond donors (Lipinski definition) is 1. The van der Waals surface area contributed by atoms with E-state index in [0.717, 1.165) is 26.2 Å². The minimum Gasteiger partial charge on any atom is -0.349 e. The smallest absolute Gasteiger partial charge is 0.173 e. The van der Waals surface area contributed by atoms with E-state index in [9.17, 15) is 0 Å². The molecule has 0 aromatic rings. The van der Waals surface area contributed by atoms with Crippen molar-refractivity contribution < 1.29 is 9.47 Å². The first kappa shape index (κ1) is 8.97. The lowest BCUT2D eigenvalue weighted by atomic mass is 9.67. The van der Waals surface area contributed by atoms with E-state index in [1.165, 1.54) is 25.7 Å². The maximum atomic E-state index is 6.11. The average Bonchev–Trinajstić information content (AvgIpc) is 2.81. The first-order valence-electron chi connectivity index (χ1n) is 6.39. The minimum absolute atomic E-state index is 0.188. The van der Waals surface area contributed by atoms with Crippen LogP contribution in [-0.2, 0) is 9.47 Å². The van der Waals surface area contributed by atoms with Crippen molar-refractivity contribution in [2.45, 2.75) is 43.4 Å². The van der Waals surface area contributed by atoms with Gasteiger partial charge >= 0.3 is 0 Å². The monoisotopic (exact) mass is 209 g/mol. The Kier molecular flexibility index (Phi) is 1.65. The summed E-state index contributed by atoms with van der Waals surface area (Å²) in [6.07, 6.45) is 6.32. The SMILES string of the molecule is C1CCC23OCC4CCNC4(CO2)C3C1. The molecule has 0 amide bonds. The zero-order valence-electron chi connectivity index (χ0n) is 9.13. The molecule has 1 spiro atoms. The molecule has 0 aromatic heterocycles. The highest BCUT2D eigenvalue weighted by Gasteiger charge is 2.66.